The minimum atomic E-state index is -1.09. The number of nitrogens with zero attached hydrogens (tertiary/aromatic N) is 1. The summed E-state index contributed by atoms with van der Waals surface area (Å²) in [7, 11) is 1.44. The van der Waals surface area contributed by atoms with Crippen LogP contribution in [0.2, 0.25) is 0 Å². The van der Waals surface area contributed by atoms with Gasteiger partial charge in [0, 0.05) is 6.54 Å². The SMILES string of the molecule is CCCCN1C(=O)S/C(=C\c2ccc(OCC(=O)O)c(OC)c2)C1=O. The minimum Gasteiger partial charge on any atom is -0.493 e. The maximum absolute atomic E-state index is 12.3. The zero-order valence-corrected chi connectivity index (χ0v) is 14.8. The summed E-state index contributed by atoms with van der Waals surface area (Å²) in [6, 6.07) is 4.85. The van der Waals surface area contributed by atoms with E-state index in [1.807, 2.05) is 6.92 Å². The molecule has 134 valence electrons. The smallest absolute Gasteiger partial charge is 0.341 e. The molecule has 0 unspecified atom stereocenters. The number of unbranched alkanes of at least 4 members (excludes halogenated alkanes) is 1. The van der Waals surface area contributed by atoms with Crippen LogP contribution in [0.15, 0.2) is 23.1 Å². The molecule has 2 amide bonds. The van der Waals surface area contributed by atoms with Crippen molar-refractivity contribution in [3.8, 4) is 11.5 Å². The van der Waals surface area contributed by atoms with Crippen LogP contribution >= 0.6 is 11.8 Å². The highest BCUT2D eigenvalue weighted by Gasteiger charge is 2.34. The molecule has 1 aromatic carbocycles. The molecule has 1 aliphatic heterocycles. The zero-order valence-electron chi connectivity index (χ0n) is 14.0. The number of ether oxygens (including phenoxy) is 2. The van der Waals surface area contributed by atoms with Gasteiger partial charge in [-0.2, -0.15) is 0 Å². The maximum atomic E-state index is 12.3. The summed E-state index contributed by atoms with van der Waals surface area (Å²) in [6.07, 6.45) is 3.28. The Bertz CT molecular complexity index is 715. The third kappa shape index (κ3) is 4.76. The average molecular weight is 365 g/mol. The average Bonchev–Trinajstić information content (AvgIpc) is 2.85. The largest absolute Gasteiger partial charge is 0.493 e. The predicted octanol–water partition coefficient (Wildman–Crippen LogP) is 3.00. The van der Waals surface area contributed by atoms with Gasteiger partial charge < -0.3 is 14.6 Å². The van der Waals surface area contributed by atoms with Gasteiger partial charge in [-0.25, -0.2) is 4.79 Å². The number of hydrogen-bond donors (Lipinski definition) is 1. The number of carboxylic acid groups (broad SMARTS) is 1. The Morgan fingerprint density at radius 1 is 1.32 bits per heavy atom. The molecule has 0 aromatic heterocycles. The molecular formula is C17H19NO6S. The number of imide groups is 1. The molecule has 7 nitrogen and oxygen atoms in total. The van der Waals surface area contributed by atoms with E-state index in [-0.39, 0.29) is 16.9 Å². The molecule has 1 heterocycles. The second kappa shape index (κ2) is 8.57. The van der Waals surface area contributed by atoms with Crippen LogP contribution < -0.4 is 9.47 Å². The summed E-state index contributed by atoms with van der Waals surface area (Å²) in [5.74, 6) is -0.751. The fourth-order valence-corrected chi connectivity index (χ4v) is 3.06. The van der Waals surface area contributed by atoms with Crippen molar-refractivity contribution in [2.24, 2.45) is 0 Å². The molecule has 25 heavy (non-hydrogen) atoms. The number of rotatable bonds is 8. The van der Waals surface area contributed by atoms with E-state index < -0.39 is 12.6 Å². The van der Waals surface area contributed by atoms with E-state index in [4.69, 9.17) is 14.6 Å². The Balaban J connectivity index is 2.19. The van der Waals surface area contributed by atoms with Gasteiger partial charge in [0.05, 0.1) is 12.0 Å². The van der Waals surface area contributed by atoms with Gasteiger partial charge in [0.1, 0.15) is 0 Å². The first kappa shape index (κ1) is 18.9. The van der Waals surface area contributed by atoms with Gasteiger partial charge in [-0.15, -0.1) is 0 Å². The second-order valence-corrected chi connectivity index (χ2v) is 6.27. The molecule has 1 fully saturated rings. The predicted molar refractivity (Wildman–Crippen MR) is 93.7 cm³/mol. The zero-order chi connectivity index (χ0) is 18.4. The number of amides is 2. The van der Waals surface area contributed by atoms with Gasteiger partial charge in [0.25, 0.3) is 11.1 Å². The van der Waals surface area contributed by atoms with Crippen molar-refractivity contribution in [3.63, 3.8) is 0 Å². The highest BCUT2D eigenvalue weighted by atomic mass is 32.2. The standard InChI is InChI=1S/C17H19NO6S/c1-3-4-7-18-16(21)14(25-17(18)22)9-11-5-6-12(13(8-11)23-2)24-10-15(19)20/h5-6,8-9H,3-4,7,10H2,1-2H3,(H,19,20)/b14-9-. The number of carbonyl (C=O) groups excluding carboxylic acids is 2. The number of aliphatic carboxylic acids is 1. The third-order valence-electron chi connectivity index (χ3n) is 3.45. The third-order valence-corrected chi connectivity index (χ3v) is 4.35. The van der Waals surface area contributed by atoms with Crippen LogP contribution in [-0.2, 0) is 9.59 Å². The topological polar surface area (TPSA) is 93.1 Å². The first-order valence-corrected chi connectivity index (χ1v) is 8.56. The Morgan fingerprint density at radius 2 is 2.08 bits per heavy atom. The van der Waals surface area contributed by atoms with Gasteiger partial charge in [-0.3, -0.25) is 14.5 Å². The lowest BCUT2D eigenvalue weighted by Gasteiger charge is -2.11. The van der Waals surface area contributed by atoms with Crippen LogP contribution in [-0.4, -0.2) is 47.4 Å². The molecule has 0 spiro atoms. The van der Waals surface area contributed by atoms with Crippen molar-refractivity contribution in [1.82, 2.24) is 4.90 Å². The summed E-state index contributed by atoms with van der Waals surface area (Å²) in [5, 5.41) is 8.41. The highest BCUT2D eigenvalue weighted by Crippen LogP contribution is 2.34. The summed E-state index contributed by atoms with van der Waals surface area (Å²) in [5.41, 5.74) is 0.653. The number of methoxy groups -OCH3 is 1. The van der Waals surface area contributed by atoms with Gasteiger partial charge in [-0.05, 0) is 42.0 Å². The Kier molecular flexibility index (Phi) is 6.46. The van der Waals surface area contributed by atoms with Gasteiger partial charge in [0.15, 0.2) is 18.1 Å². The van der Waals surface area contributed by atoms with E-state index in [1.54, 1.807) is 24.3 Å². The fourth-order valence-electron chi connectivity index (χ4n) is 2.19. The lowest BCUT2D eigenvalue weighted by atomic mass is 10.2. The van der Waals surface area contributed by atoms with E-state index in [2.05, 4.69) is 0 Å². The summed E-state index contributed by atoms with van der Waals surface area (Å²) >= 11 is 0.908. The van der Waals surface area contributed by atoms with E-state index in [0.29, 0.717) is 22.8 Å². The summed E-state index contributed by atoms with van der Waals surface area (Å²) in [4.78, 5) is 36.5. The van der Waals surface area contributed by atoms with E-state index in [1.165, 1.54) is 12.0 Å². The van der Waals surface area contributed by atoms with Crippen LogP contribution in [0.3, 0.4) is 0 Å². The maximum Gasteiger partial charge on any atom is 0.341 e. The van der Waals surface area contributed by atoms with Crippen molar-refractivity contribution in [2.45, 2.75) is 19.8 Å². The summed E-state index contributed by atoms with van der Waals surface area (Å²) < 4.78 is 10.3. The number of carbonyl (C=O) groups is 3. The summed E-state index contributed by atoms with van der Waals surface area (Å²) in [6.45, 7) is 1.94. The molecule has 0 saturated carbocycles. The molecule has 0 bridgehead atoms. The Labute approximate surface area is 149 Å². The lowest BCUT2D eigenvalue weighted by molar-refractivity contribution is -0.139. The van der Waals surface area contributed by atoms with Crippen molar-refractivity contribution >= 4 is 35.0 Å². The molecular weight excluding hydrogens is 346 g/mol. The second-order valence-electron chi connectivity index (χ2n) is 5.28. The molecule has 1 aliphatic rings. The number of benzene rings is 1. The van der Waals surface area contributed by atoms with Gasteiger partial charge in [-0.1, -0.05) is 19.4 Å². The number of thioether (sulfide) groups is 1. The van der Waals surface area contributed by atoms with Crippen LogP contribution in [0.25, 0.3) is 6.08 Å². The molecule has 0 atom stereocenters. The normalized spacial score (nSPS) is 15.8. The van der Waals surface area contributed by atoms with Crippen molar-refractivity contribution < 1.29 is 29.0 Å². The molecule has 2 rings (SSSR count). The molecule has 0 aliphatic carbocycles. The van der Waals surface area contributed by atoms with Crippen molar-refractivity contribution in [3.05, 3.63) is 28.7 Å². The molecule has 1 saturated heterocycles. The van der Waals surface area contributed by atoms with Gasteiger partial charge >= 0.3 is 5.97 Å². The molecule has 1 aromatic rings. The number of carboxylic acids is 1. The molecule has 0 radical (unpaired) electrons. The highest BCUT2D eigenvalue weighted by molar-refractivity contribution is 8.18. The monoisotopic (exact) mass is 365 g/mol. The quantitative estimate of drug-likeness (QED) is 0.708. The van der Waals surface area contributed by atoms with Crippen LogP contribution in [0.4, 0.5) is 4.79 Å². The van der Waals surface area contributed by atoms with E-state index in [9.17, 15) is 14.4 Å². The fraction of sp³-hybridized carbons (Fsp3) is 0.353. The molecule has 8 heteroatoms. The minimum absolute atomic E-state index is 0.266. The van der Waals surface area contributed by atoms with E-state index >= 15 is 0 Å². The molecule has 1 N–H and O–H groups in total. The first-order valence-electron chi connectivity index (χ1n) is 7.74. The Morgan fingerprint density at radius 3 is 2.72 bits per heavy atom. The van der Waals surface area contributed by atoms with Crippen LogP contribution in [0, 0.1) is 0 Å². The lowest BCUT2D eigenvalue weighted by Crippen LogP contribution is -2.29. The van der Waals surface area contributed by atoms with Crippen LogP contribution in [0.1, 0.15) is 25.3 Å². The number of hydrogen-bond acceptors (Lipinski definition) is 6. The van der Waals surface area contributed by atoms with Crippen molar-refractivity contribution in [2.75, 3.05) is 20.3 Å². The van der Waals surface area contributed by atoms with Gasteiger partial charge in [0.2, 0.25) is 0 Å². The van der Waals surface area contributed by atoms with E-state index in [0.717, 1.165) is 24.6 Å². The van der Waals surface area contributed by atoms with Crippen LogP contribution in [0.5, 0.6) is 11.5 Å². The van der Waals surface area contributed by atoms with Crippen molar-refractivity contribution in [1.29, 1.82) is 0 Å². The Hall–Kier alpha value is -2.48. The first-order chi connectivity index (χ1) is 12.0.